The highest BCUT2D eigenvalue weighted by Crippen LogP contribution is 2.22. The molecule has 4 nitrogen and oxygen atoms in total. The molecule has 0 radical (unpaired) electrons. The number of aromatic nitrogens is 2. The number of hydrogen-bond donors (Lipinski definition) is 1. The summed E-state index contributed by atoms with van der Waals surface area (Å²) in [5.74, 6) is 0.890. The van der Waals surface area contributed by atoms with Crippen LogP contribution in [-0.4, -0.2) is 29.3 Å². The first-order valence-electron chi connectivity index (χ1n) is 6.45. The molecule has 1 aromatic carbocycles. The van der Waals surface area contributed by atoms with Crippen molar-refractivity contribution in [2.24, 2.45) is 0 Å². The number of benzene rings is 1. The van der Waals surface area contributed by atoms with Crippen molar-refractivity contribution >= 4 is 0 Å². The van der Waals surface area contributed by atoms with Gasteiger partial charge >= 0.3 is 0 Å². The fraction of sp³-hybridized carbons (Fsp3) is 0.400. The molecule has 0 spiro atoms. The van der Waals surface area contributed by atoms with Gasteiger partial charge in [-0.05, 0) is 44.7 Å². The molecule has 102 valence electrons. The molecule has 19 heavy (non-hydrogen) atoms. The molecule has 1 heterocycles. The van der Waals surface area contributed by atoms with Gasteiger partial charge in [0.1, 0.15) is 5.75 Å². The zero-order valence-electron chi connectivity index (χ0n) is 12.0. The van der Waals surface area contributed by atoms with E-state index in [1.54, 1.807) is 7.11 Å². The Hall–Kier alpha value is -1.81. The summed E-state index contributed by atoms with van der Waals surface area (Å²) >= 11 is 0. The molecule has 1 unspecified atom stereocenters. The lowest BCUT2D eigenvalue weighted by Crippen LogP contribution is -2.22. The van der Waals surface area contributed by atoms with E-state index in [0.717, 1.165) is 23.7 Å². The van der Waals surface area contributed by atoms with Crippen LogP contribution in [0.4, 0.5) is 0 Å². The third kappa shape index (κ3) is 3.35. The van der Waals surface area contributed by atoms with Crippen molar-refractivity contribution in [3.8, 4) is 5.75 Å². The monoisotopic (exact) mass is 259 g/mol. The molecule has 0 aliphatic rings. The van der Waals surface area contributed by atoms with Gasteiger partial charge in [0.05, 0.1) is 12.8 Å². The SMILES string of the molecule is COc1ccc(C(C)N(C)Cc2cc(C)[nH]n2)cc1. The van der Waals surface area contributed by atoms with E-state index in [4.69, 9.17) is 4.74 Å². The van der Waals surface area contributed by atoms with Gasteiger partial charge in [-0.25, -0.2) is 0 Å². The summed E-state index contributed by atoms with van der Waals surface area (Å²) in [5, 5.41) is 7.25. The van der Waals surface area contributed by atoms with Crippen LogP contribution in [0.25, 0.3) is 0 Å². The third-order valence-corrected chi connectivity index (χ3v) is 3.43. The molecule has 0 fully saturated rings. The molecule has 2 aromatic rings. The molecule has 1 N–H and O–H groups in total. The minimum Gasteiger partial charge on any atom is -0.497 e. The van der Waals surface area contributed by atoms with Gasteiger partial charge in [-0.15, -0.1) is 0 Å². The maximum absolute atomic E-state index is 5.18. The Morgan fingerprint density at radius 2 is 2.00 bits per heavy atom. The minimum atomic E-state index is 0.336. The highest BCUT2D eigenvalue weighted by Gasteiger charge is 2.13. The van der Waals surface area contributed by atoms with Gasteiger partial charge in [0.15, 0.2) is 0 Å². The van der Waals surface area contributed by atoms with Gasteiger partial charge in [0.25, 0.3) is 0 Å². The molecule has 0 saturated carbocycles. The lowest BCUT2D eigenvalue weighted by Gasteiger charge is -2.24. The van der Waals surface area contributed by atoms with E-state index in [2.05, 4.69) is 47.3 Å². The lowest BCUT2D eigenvalue weighted by molar-refractivity contribution is 0.250. The average molecular weight is 259 g/mol. The Balaban J connectivity index is 2.03. The molecule has 2 rings (SSSR count). The van der Waals surface area contributed by atoms with Gasteiger partial charge in [-0.1, -0.05) is 12.1 Å². The van der Waals surface area contributed by atoms with Gasteiger partial charge in [-0.2, -0.15) is 5.10 Å². The number of nitrogens with one attached hydrogen (secondary N) is 1. The zero-order valence-corrected chi connectivity index (χ0v) is 12.0. The molecule has 4 heteroatoms. The van der Waals surface area contributed by atoms with Crippen LogP contribution in [0, 0.1) is 6.92 Å². The van der Waals surface area contributed by atoms with E-state index in [0.29, 0.717) is 6.04 Å². The topological polar surface area (TPSA) is 41.1 Å². The first-order chi connectivity index (χ1) is 9.10. The number of hydrogen-bond acceptors (Lipinski definition) is 3. The van der Waals surface area contributed by atoms with Crippen molar-refractivity contribution in [1.82, 2.24) is 15.1 Å². The molecule has 1 atom stereocenters. The zero-order chi connectivity index (χ0) is 13.8. The predicted octanol–water partition coefficient (Wildman–Crippen LogP) is 2.92. The molecular formula is C15H21N3O. The molecule has 1 aromatic heterocycles. The predicted molar refractivity (Wildman–Crippen MR) is 76.2 cm³/mol. The van der Waals surface area contributed by atoms with Crippen molar-refractivity contribution in [3.05, 3.63) is 47.3 Å². The highest BCUT2D eigenvalue weighted by molar-refractivity contribution is 5.28. The van der Waals surface area contributed by atoms with Crippen LogP contribution in [0.2, 0.25) is 0 Å². The van der Waals surface area contributed by atoms with Crippen LogP contribution in [-0.2, 0) is 6.54 Å². The average Bonchev–Trinajstić information content (AvgIpc) is 2.83. The Kier molecular flexibility index (Phi) is 4.22. The van der Waals surface area contributed by atoms with Crippen LogP contribution >= 0.6 is 0 Å². The highest BCUT2D eigenvalue weighted by atomic mass is 16.5. The molecular weight excluding hydrogens is 238 g/mol. The van der Waals surface area contributed by atoms with Crippen LogP contribution in [0.5, 0.6) is 5.75 Å². The first kappa shape index (κ1) is 13.6. The summed E-state index contributed by atoms with van der Waals surface area (Å²) in [6.07, 6.45) is 0. The minimum absolute atomic E-state index is 0.336. The number of methoxy groups -OCH3 is 1. The number of rotatable bonds is 5. The van der Waals surface area contributed by atoms with Crippen LogP contribution in [0.15, 0.2) is 30.3 Å². The number of aryl methyl sites for hydroxylation is 1. The molecule has 0 aliphatic heterocycles. The third-order valence-electron chi connectivity index (χ3n) is 3.43. The second-order valence-corrected chi connectivity index (χ2v) is 4.91. The van der Waals surface area contributed by atoms with E-state index in [-0.39, 0.29) is 0 Å². The van der Waals surface area contributed by atoms with E-state index >= 15 is 0 Å². The number of nitrogens with zero attached hydrogens (tertiary/aromatic N) is 2. The maximum Gasteiger partial charge on any atom is 0.118 e. The summed E-state index contributed by atoms with van der Waals surface area (Å²) in [6, 6.07) is 10.6. The van der Waals surface area contributed by atoms with Crippen molar-refractivity contribution in [1.29, 1.82) is 0 Å². The number of H-pyrrole nitrogens is 1. The largest absolute Gasteiger partial charge is 0.497 e. The van der Waals surface area contributed by atoms with Crippen LogP contribution in [0.3, 0.4) is 0 Å². The van der Waals surface area contributed by atoms with Gasteiger partial charge in [0.2, 0.25) is 0 Å². The molecule has 0 amide bonds. The van der Waals surface area contributed by atoms with E-state index < -0.39 is 0 Å². The van der Waals surface area contributed by atoms with Crippen LogP contribution in [0.1, 0.15) is 29.9 Å². The summed E-state index contributed by atoms with van der Waals surface area (Å²) in [7, 11) is 3.80. The Morgan fingerprint density at radius 1 is 1.32 bits per heavy atom. The Morgan fingerprint density at radius 3 is 2.53 bits per heavy atom. The molecule has 0 aliphatic carbocycles. The van der Waals surface area contributed by atoms with Crippen molar-refractivity contribution in [2.45, 2.75) is 26.4 Å². The fourth-order valence-electron chi connectivity index (χ4n) is 2.08. The van der Waals surface area contributed by atoms with Gasteiger partial charge in [-0.3, -0.25) is 10.00 Å². The van der Waals surface area contributed by atoms with Crippen molar-refractivity contribution in [2.75, 3.05) is 14.2 Å². The van der Waals surface area contributed by atoms with Gasteiger partial charge < -0.3 is 4.74 Å². The Labute approximate surface area is 114 Å². The number of aromatic amines is 1. The summed E-state index contributed by atoms with van der Waals surface area (Å²) in [5.41, 5.74) is 3.44. The van der Waals surface area contributed by atoms with Crippen molar-refractivity contribution in [3.63, 3.8) is 0 Å². The molecule has 0 saturated heterocycles. The number of ether oxygens (including phenoxy) is 1. The quantitative estimate of drug-likeness (QED) is 0.897. The van der Waals surface area contributed by atoms with E-state index in [1.807, 2.05) is 19.1 Å². The maximum atomic E-state index is 5.18. The Bertz CT molecular complexity index is 518. The van der Waals surface area contributed by atoms with E-state index in [1.165, 1.54) is 5.56 Å². The lowest BCUT2D eigenvalue weighted by atomic mass is 10.1. The van der Waals surface area contributed by atoms with Crippen LogP contribution < -0.4 is 4.74 Å². The summed E-state index contributed by atoms with van der Waals surface area (Å²) in [4.78, 5) is 2.28. The van der Waals surface area contributed by atoms with Crippen molar-refractivity contribution < 1.29 is 4.74 Å². The molecule has 0 bridgehead atoms. The van der Waals surface area contributed by atoms with E-state index in [9.17, 15) is 0 Å². The first-order valence-corrected chi connectivity index (χ1v) is 6.45. The smallest absolute Gasteiger partial charge is 0.118 e. The normalized spacial score (nSPS) is 12.7. The second-order valence-electron chi connectivity index (χ2n) is 4.91. The second kappa shape index (κ2) is 5.89. The fourth-order valence-corrected chi connectivity index (χ4v) is 2.08. The van der Waals surface area contributed by atoms with Gasteiger partial charge in [0, 0.05) is 18.3 Å². The standard InChI is InChI=1S/C15H21N3O/c1-11-9-14(17-16-11)10-18(3)12(2)13-5-7-15(19-4)8-6-13/h5-9,12H,10H2,1-4H3,(H,16,17). The summed E-state index contributed by atoms with van der Waals surface area (Å²) < 4.78 is 5.18. The summed E-state index contributed by atoms with van der Waals surface area (Å²) in [6.45, 7) is 5.04.